The van der Waals surface area contributed by atoms with Crippen LogP contribution in [0.1, 0.15) is 0 Å². The maximum atomic E-state index is 6.39. The van der Waals surface area contributed by atoms with Gasteiger partial charge in [-0.25, -0.2) is 0 Å². The van der Waals surface area contributed by atoms with Crippen LogP contribution in [0, 0.1) is 0 Å². The van der Waals surface area contributed by atoms with Gasteiger partial charge in [0, 0.05) is 21.9 Å². The Morgan fingerprint density at radius 2 is 0.897 bits per heavy atom. The molecule has 148 valence electrons. The molecule has 0 saturated carbocycles. The van der Waals surface area contributed by atoms with Crippen LogP contribution in [-0.4, -0.2) is 28.4 Å². The molecule has 0 fully saturated rings. The lowest BCUT2D eigenvalue weighted by atomic mass is 10.0. The van der Waals surface area contributed by atoms with Gasteiger partial charge in [0.2, 0.25) is 0 Å². The van der Waals surface area contributed by atoms with Gasteiger partial charge in [-0.15, -0.1) is 0 Å². The Morgan fingerprint density at radius 1 is 0.517 bits per heavy atom. The second-order valence-corrected chi connectivity index (χ2v) is 6.47. The summed E-state index contributed by atoms with van der Waals surface area (Å²) in [6, 6.07) is 19.5. The molecule has 0 spiro atoms. The highest BCUT2D eigenvalue weighted by Crippen LogP contribution is 2.44. The molecule has 0 aliphatic rings. The Morgan fingerprint density at radius 3 is 1.21 bits per heavy atom. The van der Waals surface area contributed by atoms with Crippen molar-refractivity contribution in [1.29, 1.82) is 0 Å². The molecular weight excluding hydrogens is 368 g/mol. The number of ether oxygens (including phenoxy) is 4. The Hall–Kier alpha value is -3.60. The van der Waals surface area contributed by atoms with E-state index in [1.54, 1.807) is 28.4 Å². The third-order valence-corrected chi connectivity index (χ3v) is 4.92. The molecule has 0 bridgehead atoms. The van der Waals surface area contributed by atoms with Crippen molar-refractivity contribution >= 4 is 10.8 Å². The van der Waals surface area contributed by atoms with Crippen LogP contribution in [0.15, 0.2) is 65.1 Å². The highest BCUT2D eigenvalue weighted by molar-refractivity contribution is 6.04. The van der Waals surface area contributed by atoms with E-state index in [2.05, 4.69) is 0 Å². The van der Waals surface area contributed by atoms with Crippen LogP contribution in [0.3, 0.4) is 0 Å². The highest BCUT2D eigenvalue weighted by atomic mass is 16.5. The van der Waals surface area contributed by atoms with Crippen molar-refractivity contribution in [3.05, 3.63) is 60.7 Å². The van der Waals surface area contributed by atoms with Crippen molar-refractivity contribution in [2.75, 3.05) is 28.4 Å². The van der Waals surface area contributed by atoms with E-state index >= 15 is 0 Å². The lowest BCUT2D eigenvalue weighted by Crippen LogP contribution is -1.90. The minimum atomic E-state index is 0.650. The zero-order valence-corrected chi connectivity index (χ0v) is 16.8. The minimum Gasteiger partial charge on any atom is -0.497 e. The fourth-order valence-corrected chi connectivity index (χ4v) is 3.38. The number of fused-ring (bicyclic) bond motifs is 1. The number of rotatable bonds is 6. The summed E-state index contributed by atoms with van der Waals surface area (Å²) in [4.78, 5) is 0. The molecule has 0 aliphatic carbocycles. The van der Waals surface area contributed by atoms with Gasteiger partial charge < -0.3 is 23.4 Å². The van der Waals surface area contributed by atoms with Crippen molar-refractivity contribution in [2.45, 2.75) is 0 Å². The number of hydrogen-bond donors (Lipinski definition) is 0. The van der Waals surface area contributed by atoms with Gasteiger partial charge in [0.15, 0.2) is 11.5 Å². The summed E-state index contributed by atoms with van der Waals surface area (Å²) in [6.07, 6.45) is 0. The van der Waals surface area contributed by atoms with Gasteiger partial charge in [-0.3, -0.25) is 0 Å². The van der Waals surface area contributed by atoms with E-state index < -0.39 is 0 Å². The van der Waals surface area contributed by atoms with E-state index in [0.29, 0.717) is 11.5 Å². The van der Waals surface area contributed by atoms with Gasteiger partial charge in [-0.2, -0.15) is 0 Å². The minimum absolute atomic E-state index is 0.650. The Labute approximate surface area is 169 Å². The van der Waals surface area contributed by atoms with Gasteiger partial charge in [0.1, 0.15) is 23.0 Å². The summed E-state index contributed by atoms with van der Waals surface area (Å²) in [5.41, 5.74) is 1.89. The van der Waals surface area contributed by atoms with Crippen molar-refractivity contribution in [3.63, 3.8) is 0 Å². The maximum absolute atomic E-state index is 6.39. The van der Waals surface area contributed by atoms with Gasteiger partial charge in [-0.1, -0.05) is 0 Å². The molecular formula is C24H22O5. The van der Waals surface area contributed by atoms with Gasteiger partial charge in [-0.05, 0) is 60.7 Å². The summed E-state index contributed by atoms with van der Waals surface area (Å²) < 4.78 is 28.0. The largest absolute Gasteiger partial charge is 0.497 e. The Balaban J connectivity index is 1.96. The third kappa shape index (κ3) is 3.36. The molecule has 0 amide bonds. The quantitative estimate of drug-likeness (QED) is 0.416. The monoisotopic (exact) mass is 390 g/mol. The lowest BCUT2D eigenvalue weighted by Gasteiger charge is -2.08. The summed E-state index contributed by atoms with van der Waals surface area (Å²) in [5.74, 6) is 4.40. The van der Waals surface area contributed by atoms with Crippen molar-refractivity contribution in [2.24, 2.45) is 0 Å². The van der Waals surface area contributed by atoms with E-state index in [0.717, 1.165) is 44.9 Å². The predicted octanol–water partition coefficient (Wildman–Crippen LogP) is 5.80. The molecule has 3 aromatic carbocycles. The first-order valence-corrected chi connectivity index (χ1v) is 9.16. The summed E-state index contributed by atoms with van der Waals surface area (Å²) in [6.45, 7) is 0. The number of benzene rings is 3. The standard InChI is InChI=1S/C24H22O5/c1-25-17-9-5-15(6-10-17)23-19-13-21(27-3)22(28-4)14-20(19)24(29-23)16-7-11-18(26-2)12-8-16/h5-14H,1-4H3. The maximum Gasteiger partial charge on any atom is 0.161 e. The van der Waals surface area contributed by atoms with Crippen LogP contribution in [0.2, 0.25) is 0 Å². The van der Waals surface area contributed by atoms with Crippen molar-refractivity contribution in [1.82, 2.24) is 0 Å². The zero-order chi connectivity index (χ0) is 20.4. The number of hydrogen-bond acceptors (Lipinski definition) is 5. The molecule has 0 radical (unpaired) electrons. The van der Waals surface area contributed by atoms with Crippen LogP contribution in [0.4, 0.5) is 0 Å². The van der Waals surface area contributed by atoms with E-state index in [1.165, 1.54) is 0 Å². The van der Waals surface area contributed by atoms with Crippen LogP contribution in [-0.2, 0) is 0 Å². The third-order valence-electron chi connectivity index (χ3n) is 4.92. The van der Waals surface area contributed by atoms with Gasteiger partial charge >= 0.3 is 0 Å². The summed E-state index contributed by atoms with van der Waals surface area (Å²) in [5, 5.41) is 1.89. The Kier molecular flexibility index (Phi) is 5.04. The summed E-state index contributed by atoms with van der Waals surface area (Å²) in [7, 11) is 6.55. The van der Waals surface area contributed by atoms with Crippen LogP contribution in [0.25, 0.3) is 33.4 Å². The highest BCUT2D eigenvalue weighted by Gasteiger charge is 2.20. The molecule has 0 saturated heterocycles. The molecule has 29 heavy (non-hydrogen) atoms. The molecule has 5 nitrogen and oxygen atoms in total. The smallest absolute Gasteiger partial charge is 0.161 e. The van der Waals surface area contributed by atoms with Crippen LogP contribution < -0.4 is 18.9 Å². The van der Waals surface area contributed by atoms with E-state index in [4.69, 9.17) is 23.4 Å². The molecule has 0 aliphatic heterocycles. The Bertz CT molecular complexity index is 1040. The number of methoxy groups -OCH3 is 4. The van der Waals surface area contributed by atoms with Crippen LogP contribution in [0.5, 0.6) is 23.0 Å². The zero-order valence-electron chi connectivity index (χ0n) is 16.8. The second kappa shape index (κ2) is 7.80. The van der Waals surface area contributed by atoms with Crippen molar-refractivity contribution in [3.8, 4) is 45.6 Å². The first kappa shape index (κ1) is 18.7. The van der Waals surface area contributed by atoms with Crippen LogP contribution >= 0.6 is 0 Å². The van der Waals surface area contributed by atoms with Crippen molar-refractivity contribution < 1.29 is 23.4 Å². The first-order valence-electron chi connectivity index (χ1n) is 9.16. The lowest BCUT2D eigenvalue weighted by molar-refractivity contribution is 0.356. The van der Waals surface area contributed by atoms with E-state index in [9.17, 15) is 0 Å². The summed E-state index contributed by atoms with van der Waals surface area (Å²) >= 11 is 0. The molecule has 1 heterocycles. The van der Waals surface area contributed by atoms with Gasteiger partial charge in [0.25, 0.3) is 0 Å². The molecule has 0 N–H and O–H groups in total. The molecule has 1 aromatic heterocycles. The predicted molar refractivity (Wildman–Crippen MR) is 113 cm³/mol. The molecule has 5 heteroatoms. The van der Waals surface area contributed by atoms with Gasteiger partial charge in [0.05, 0.1) is 28.4 Å². The SMILES string of the molecule is COc1ccc(-c2oc(-c3ccc(OC)cc3)c3cc(OC)c(OC)cc23)cc1. The molecule has 0 atom stereocenters. The van der Waals surface area contributed by atoms with E-state index in [-0.39, 0.29) is 0 Å². The molecule has 4 aromatic rings. The normalized spacial score (nSPS) is 10.8. The first-order chi connectivity index (χ1) is 14.2. The fourth-order valence-electron chi connectivity index (χ4n) is 3.38. The average molecular weight is 390 g/mol. The molecule has 4 rings (SSSR count). The second-order valence-electron chi connectivity index (χ2n) is 6.47. The number of furan rings is 1. The topological polar surface area (TPSA) is 50.1 Å². The molecule has 0 unspecified atom stereocenters. The fraction of sp³-hybridized carbons (Fsp3) is 0.167. The average Bonchev–Trinajstić information content (AvgIpc) is 3.16. The van der Waals surface area contributed by atoms with E-state index in [1.807, 2.05) is 60.7 Å².